The summed E-state index contributed by atoms with van der Waals surface area (Å²) < 4.78 is 32.5. The molecule has 1 saturated heterocycles. The molecule has 0 N–H and O–H groups in total. The van der Waals surface area contributed by atoms with Crippen LogP contribution in [0.4, 0.5) is 0 Å². The van der Waals surface area contributed by atoms with Crippen molar-refractivity contribution in [2.45, 2.75) is 58.4 Å². The average molecular weight is 459 g/mol. The molecule has 1 heterocycles. The molecule has 0 spiro atoms. The molecule has 2 rings (SSSR count). The van der Waals surface area contributed by atoms with Gasteiger partial charge in [0.1, 0.15) is 18.5 Å². The molecule has 0 aliphatic carbocycles. The molecule has 31 heavy (non-hydrogen) atoms. The SMILES string of the molecule is CC(=O)OC[C@H]1O[C@@H](Oc2ccccc2Cl)[C@H](OC(C)=O)[C@@H](OC(C)=O)[C@@H]1OC(C)=O. The Morgan fingerprint density at radius 3 is 1.94 bits per heavy atom. The van der Waals surface area contributed by atoms with Gasteiger partial charge in [-0.05, 0) is 12.1 Å². The van der Waals surface area contributed by atoms with Gasteiger partial charge in [0.2, 0.25) is 12.4 Å². The zero-order valence-electron chi connectivity index (χ0n) is 17.4. The molecule has 0 aromatic heterocycles. The van der Waals surface area contributed by atoms with E-state index in [-0.39, 0.29) is 17.4 Å². The fourth-order valence-corrected chi connectivity index (χ4v) is 3.13. The van der Waals surface area contributed by atoms with Gasteiger partial charge in [0, 0.05) is 27.7 Å². The van der Waals surface area contributed by atoms with Crippen LogP contribution < -0.4 is 4.74 Å². The van der Waals surface area contributed by atoms with Gasteiger partial charge in [0.15, 0.2) is 12.2 Å². The van der Waals surface area contributed by atoms with Crippen LogP contribution in [0.15, 0.2) is 24.3 Å². The van der Waals surface area contributed by atoms with E-state index in [1.165, 1.54) is 6.92 Å². The smallest absolute Gasteiger partial charge is 0.303 e. The van der Waals surface area contributed by atoms with Crippen molar-refractivity contribution in [2.75, 3.05) is 6.61 Å². The first-order valence-corrected chi connectivity index (χ1v) is 9.68. The topological polar surface area (TPSA) is 124 Å². The van der Waals surface area contributed by atoms with E-state index < -0.39 is 54.6 Å². The summed E-state index contributed by atoms with van der Waals surface area (Å²) >= 11 is 6.14. The summed E-state index contributed by atoms with van der Waals surface area (Å²) in [7, 11) is 0. The number of carbonyl (C=O) groups is 4. The van der Waals surface area contributed by atoms with Crippen LogP contribution in [0.1, 0.15) is 27.7 Å². The lowest BCUT2D eigenvalue weighted by Crippen LogP contribution is -2.63. The first-order valence-electron chi connectivity index (χ1n) is 9.30. The molecule has 1 aliphatic heterocycles. The van der Waals surface area contributed by atoms with E-state index >= 15 is 0 Å². The van der Waals surface area contributed by atoms with Gasteiger partial charge in [-0.3, -0.25) is 19.2 Å². The van der Waals surface area contributed by atoms with Crippen molar-refractivity contribution in [3.8, 4) is 5.75 Å². The first-order chi connectivity index (χ1) is 14.6. The quantitative estimate of drug-likeness (QED) is 0.441. The highest BCUT2D eigenvalue weighted by Crippen LogP contribution is 2.33. The second-order valence-corrected chi connectivity index (χ2v) is 7.02. The summed E-state index contributed by atoms with van der Waals surface area (Å²) in [6.45, 7) is 4.26. The molecule has 170 valence electrons. The number of halogens is 1. The Bertz CT molecular complexity index is 826. The minimum absolute atomic E-state index is 0.199. The summed E-state index contributed by atoms with van der Waals surface area (Å²) in [4.78, 5) is 46.5. The van der Waals surface area contributed by atoms with Crippen LogP contribution in [-0.4, -0.2) is 61.2 Å². The van der Waals surface area contributed by atoms with Gasteiger partial charge in [-0.15, -0.1) is 0 Å². The van der Waals surface area contributed by atoms with E-state index in [1.54, 1.807) is 24.3 Å². The van der Waals surface area contributed by atoms with Crippen molar-refractivity contribution >= 4 is 35.5 Å². The molecule has 0 saturated carbocycles. The Hall–Kier alpha value is -2.85. The Kier molecular flexibility index (Phi) is 8.64. The third kappa shape index (κ3) is 7.11. The van der Waals surface area contributed by atoms with Crippen molar-refractivity contribution in [1.29, 1.82) is 0 Å². The van der Waals surface area contributed by atoms with E-state index in [2.05, 4.69) is 0 Å². The van der Waals surface area contributed by atoms with E-state index in [0.29, 0.717) is 0 Å². The normalized spacial score (nSPS) is 25.1. The highest BCUT2D eigenvalue weighted by molar-refractivity contribution is 6.32. The van der Waals surface area contributed by atoms with Crippen molar-refractivity contribution in [1.82, 2.24) is 0 Å². The minimum atomic E-state index is -1.33. The highest BCUT2D eigenvalue weighted by atomic mass is 35.5. The second-order valence-electron chi connectivity index (χ2n) is 6.62. The Morgan fingerprint density at radius 1 is 0.839 bits per heavy atom. The Morgan fingerprint density at radius 2 is 1.39 bits per heavy atom. The molecule has 11 heteroatoms. The predicted molar refractivity (Wildman–Crippen MR) is 104 cm³/mol. The summed E-state index contributed by atoms with van der Waals surface area (Å²) in [6.07, 6.45) is -6.32. The lowest BCUT2D eigenvalue weighted by atomic mass is 9.98. The van der Waals surface area contributed by atoms with Crippen LogP contribution in [0.5, 0.6) is 5.75 Å². The third-order valence-electron chi connectivity index (χ3n) is 4.03. The number of rotatable bonds is 7. The first kappa shape index (κ1) is 24.4. The van der Waals surface area contributed by atoms with Crippen molar-refractivity contribution < 1.29 is 47.6 Å². The fourth-order valence-electron chi connectivity index (χ4n) is 2.95. The fraction of sp³-hybridized carbons (Fsp3) is 0.500. The van der Waals surface area contributed by atoms with Crippen LogP contribution in [-0.2, 0) is 42.9 Å². The summed E-state index contributed by atoms with van der Waals surface area (Å²) in [5, 5.41) is 0.246. The monoisotopic (exact) mass is 458 g/mol. The number of hydrogen-bond acceptors (Lipinski definition) is 10. The van der Waals surface area contributed by atoms with Crippen LogP contribution in [0.25, 0.3) is 0 Å². The summed E-state index contributed by atoms with van der Waals surface area (Å²) in [5.74, 6) is -2.59. The molecule has 1 aromatic carbocycles. The second kappa shape index (κ2) is 11.0. The van der Waals surface area contributed by atoms with Gasteiger partial charge in [0.25, 0.3) is 0 Å². The van der Waals surface area contributed by atoms with Gasteiger partial charge in [0.05, 0.1) is 5.02 Å². The number of carbonyl (C=O) groups excluding carboxylic acids is 4. The largest absolute Gasteiger partial charge is 0.463 e. The summed E-state index contributed by atoms with van der Waals surface area (Å²) in [5.41, 5.74) is 0. The summed E-state index contributed by atoms with van der Waals surface area (Å²) in [6, 6.07) is 6.47. The van der Waals surface area contributed by atoms with Crippen LogP contribution in [0, 0.1) is 0 Å². The van der Waals surface area contributed by atoms with Gasteiger partial charge in [-0.25, -0.2) is 0 Å². The molecule has 1 fully saturated rings. The van der Waals surface area contributed by atoms with Crippen LogP contribution >= 0.6 is 11.6 Å². The molecule has 0 amide bonds. The van der Waals surface area contributed by atoms with Crippen molar-refractivity contribution in [2.24, 2.45) is 0 Å². The number of hydrogen-bond donors (Lipinski definition) is 0. The number of para-hydroxylation sites is 1. The lowest BCUT2D eigenvalue weighted by molar-refractivity contribution is -0.288. The molecule has 10 nitrogen and oxygen atoms in total. The van der Waals surface area contributed by atoms with E-state index in [4.69, 9.17) is 40.0 Å². The Labute approximate surface area is 183 Å². The third-order valence-corrected chi connectivity index (χ3v) is 4.34. The van der Waals surface area contributed by atoms with Gasteiger partial charge in [-0.1, -0.05) is 23.7 Å². The molecule has 1 aliphatic rings. The van der Waals surface area contributed by atoms with Crippen molar-refractivity contribution in [3.05, 3.63) is 29.3 Å². The van der Waals surface area contributed by atoms with Gasteiger partial charge >= 0.3 is 23.9 Å². The van der Waals surface area contributed by atoms with E-state index in [9.17, 15) is 19.2 Å². The van der Waals surface area contributed by atoms with Crippen LogP contribution in [0.2, 0.25) is 5.02 Å². The standard InChI is InChI=1S/C20H23ClO10/c1-10(22)26-9-16-17(27-11(2)23)18(28-12(3)24)19(29-13(4)25)20(31-16)30-15-8-6-5-7-14(15)21/h5-8,16-20H,9H2,1-4H3/t16-,17-,18+,19-,20-/m1/s1. The van der Waals surface area contributed by atoms with E-state index in [0.717, 1.165) is 20.8 Å². The van der Waals surface area contributed by atoms with Crippen molar-refractivity contribution in [3.63, 3.8) is 0 Å². The molecule has 5 atom stereocenters. The maximum atomic E-state index is 11.8. The maximum Gasteiger partial charge on any atom is 0.303 e. The lowest BCUT2D eigenvalue weighted by Gasteiger charge is -2.43. The number of esters is 4. The molecule has 0 bridgehead atoms. The molecular weight excluding hydrogens is 436 g/mol. The zero-order valence-corrected chi connectivity index (χ0v) is 18.1. The van der Waals surface area contributed by atoms with Crippen LogP contribution in [0.3, 0.4) is 0 Å². The molecule has 0 unspecified atom stereocenters. The van der Waals surface area contributed by atoms with Gasteiger partial charge in [-0.2, -0.15) is 0 Å². The van der Waals surface area contributed by atoms with Gasteiger partial charge < -0.3 is 28.4 Å². The number of ether oxygens (including phenoxy) is 6. The Balaban J connectivity index is 2.46. The number of benzene rings is 1. The zero-order chi connectivity index (χ0) is 23.1. The molecule has 1 aromatic rings. The minimum Gasteiger partial charge on any atom is -0.463 e. The highest BCUT2D eigenvalue weighted by Gasteiger charge is 2.53. The maximum absolute atomic E-state index is 11.8. The predicted octanol–water partition coefficient (Wildman–Crippen LogP) is 1.80. The molecular formula is C20H23ClO10. The average Bonchev–Trinajstić information content (AvgIpc) is 2.65. The molecule has 0 radical (unpaired) electrons. The van der Waals surface area contributed by atoms with E-state index in [1.807, 2.05) is 0 Å².